The molecule has 0 aliphatic carbocycles. The van der Waals surface area contributed by atoms with Crippen molar-refractivity contribution >= 4 is 21.6 Å². The highest BCUT2D eigenvalue weighted by molar-refractivity contribution is 7.92. The number of aryl methyl sites for hydroxylation is 1. The highest BCUT2D eigenvalue weighted by Crippen LogP contribution is 2.26. The molecule has 4 rings (SSSR count). The molecule has 3 aromatic rings. The largest absolute Gasteiger partial charge is 0.497 e. The van der Waals surface area contributed by atoms with Gasteiger partial charge in [0.25, 0.3) is 10.0 Å². The molecule has 1 N–H and O–H groups in total. The molecule has 1 heterocycles. The fourth-order valence-electron chi connectivity index (χ4n) is 4.50. The lowest BCUT2D eigenvalue weighted by Crippen LogP contribution is -2.40. The Morgan fingerprint density at radius 3 is 2.30 bits per heavy atom. The number of anilines is 1. The summed E-state index contributed by atoms with van der Waals surface area (Å²) in [4.78, 5) is 15.6. The number of sulfonamides is 1. The topological polar surface area (TPSA) is 79.0 Å². The lowest BCUT2D eigenvalue weighted by atomic mass is 10.1. The molecule has 1 fully saturated rings. The van der Waals surface area contributed by atoms with Gasteiger partial charge in [0.15, 0.2) is 0 Å². The van der Waals surface area contributed by atoms with Gasteiger partial charge in [-0.25, -0.2) is 8.42 Å². The van der Waals surface area contributed by atoms with Crippen LogP contribution in [-0.2, 0) is 27.9 Å². The first-order chi connectivity index (χ1) is 17.8. The van der Waals surface area contributed by atoms with Gasteiger partial charge < -0.3 is 10.1 Å². The van der Waals surface area contributed by atoms with Crippen molar-refractivity contribution in [2.75, 3.05) is 31.0 Å². The van der Waals surface area contributed by atoms with Crippen LogP contribution in [0.5, 0.6) is 5.75 Å². The first kappa shape index (κ1) is 26.7. The predicted octanol–water partition coefficient (Wildman–Crippen LogP) is 4.50. The van der Waals surface area contributed by atoms with Gasteiger partial charge in [0, 0.05) is 13.1 Å². The van der Waals surface area contributed by atoms with Crippen molar-refractivity contribution in [1.29, 1.82) is 0 Å². The minimum Gasteiger partial charge on any atom is -0.497 e. The fraction of sp³-hybridized carbons (Fsp3) is 0.345. The quantitative estimate of drug-likeness (QED) is 0.425. The Labute approximate surface area is 220 Å². The third-order valence-corrected chi connectivity index (χ3v) is 8.38. The normalized spacial score (nSPS) is 14.2. The summed E-state index contributed by atoms with van der Waals surface area (Å²) in [6.45, 7) is 5.04. The molecule has 3 aromatic carbocycles. The van der Waals surface area contributed by atoms with Crippen molar-refractivity contribution in [2.24, 2.45) is 0 Å². The van der Waals surface area contributed by atoms with E-state index in [2.05, 4.69) is 22.3 Å². The minimum absolute atomic E-state index is 0.132. The van der Waals surface area contributed by atoms with Gasteiger partial charge in [-0.3, -0.25) is 14.0 Å². The summed E-state index contributed by atoms with van der Waals surface area (Å²) < 4.78 is 33.5. The first-order valence-electron chi connectivity index (χ1n) is 12.7. The van der Waals surface area contributed by atoms with E-state index < -0.39 is 10.0 Å². The van der Waals surface area contributed by atoms with E-state index in [1.807, 2.05) is 19.1 Å². The zero-order valence-corrected chi connectivity index (χ0v) is 22.3. The maximum absolute atomic E-state index is 13.6. The molecular weight excluding hydrogens is 486 g/mol. The molecule has 0 spiro atoms. The van der Waals surface area contributed by atoms with Crippen molar-refractivity contribution in [3.05, 3.63) is 89.5 Å². The first-order valence-corrected chi connectivity index (χ1v) is 14.1. The zero-order valence-electron chi connectivity index (χ0n) is 21.5. The summed E-state index contributed by atoms with van der Waals surface area (Å²) in [7, 11) is -2.42. The number of nitrogens with one attached hydrogen (secondary N) is 1. The maximum Gasteiger partial charge on any atom is 0.264 e. The van der Waals surface area contributed by atoms with Gasteiger partial charge in [-0.05, 0) is 80.4 Å². The number of amides is 1. The lowest BCUT2D eigenvalue weighted by molar-refractivity contribution is -0.119. The van der Waals surface area contributed by atoms with Crippen LogP contribution in [0.25, 0.3) is 0 Å². The smallest absolute Gasteiger partial charge is 0.264 e. The molecule has 0 aromatic heterocycles. The lowest BCUT2D eigenvalue weighted by Gasteiger charge is -2.26. The fourth-order valence-corrected chi connectivity index (χ4v) is 5.92. The van der Waals surface area contributed by atoms with Gasteiger partial charge >= 0.3 is 0 Å². The second kappa shape index (κ2) is 12.3. The van der Waals surface area contributed by atoms with Crippen molar-refractivity contribution < 1.29 is 17.9 Å². The zero-order chi connectivity index (χ0) is 26.3. The summed E-state index contributed by atoms with van der Waals surface area (Å²) in [5.41, 5.74) is 3.55. The molecule has 1 aliphatic rings. The number of carbonyl (C=O) groups excluding carboxylic acids is 1. The summed E-state index contributed by atoms with van der Waals surface area (Å²) in [5, 5.41) is 2.90. The molecule has 1 saturated heterocycles. The van der Waals surface area contributed by atoms with Crippen LogP contribution in [0.3, 0.4) is 0 Å². The van der Waals surface area contributed by atoms with Crippen LogP contribution in [0.15, 0.2) is 77.7 Å². The van der Waals surface area contributed by atoms with Crippen molar-refractivity contribution in [1.82, 2.24) is 10.2 Å². The number of rotatable bonds is 10. The number of piperidine rings is 1. The Bertz CT molecular complexity index is 1290. The Morgan fingerprint density at radius 2 is 1.62 bits per heavy atom. The highest BCUT2D eigenvalue weighted by Gasteiger charge is 2.27. The molecule has 1 amide bonds. The maximum atomic E-state index is 13.6. The van der Waals surface area contributed by atoms with Crippen molar-refractivity contribution in [2.45, 2.75) is 44.2 Å². The Morgan fingerprint density at radius 1 is 0.946 bits per heavy atom. The second-order valence-corrected chi connectivity index (χ2v) is 11.3. The summed E-state index contributed by atoms with van der Waals surface area (Å²) in [5.74, 6) is 0.221. The third-order valence-electron chi connectivity index (χ3n) is 6.59. The average Bonchev–Trinajstić information content (AvgIpc) is 2.91. The molecule has 37 heavy (non-hydrogen) atoms. The number of methoxy groups -OCH3 is 1. The van der Waals surface area contributed by atoms with Gasteiger partial charge in [0.05, 0.1) is 17.7 Å². The van der Waals surface area contributed by atoms with Gasteiger partial charge in [0.2, 0.25) is 5.91 Å². The molecule has 1 aliphatic heterocycles. The predicted molar refractivity (Wildman–Crippen MR) is 146 cm³/mol. The van der Waals surface area contributed by atoms with E-state index in [4.69, 9.17) is 4.74 Å². The Balaban J connectivity index is 1.47. The van der Waals surface area contributed by atoms with E-state index in [0.29, 0.717) is 18.0 Å². The molecule has 196 valence electrons. The monoisotopic (exact) mass is 521 g/mol. The molecule has 0 atom stereocenters. The number of hydrogen-bond donors (Lipinski definition) is 1. The van der Waals surface area contributed by atoms with E-state index in [9.17, 15) is 13.2 Å². The van der Waals surface area contributed by atoms with E-state index in [-0.39, 0.29) is 17.3 Å². The standard InChI is InChI=1S/C29H35N3O4S/c1-23-9-15-28(16-10-23)37(34,35)32(26-11-13-27(36-2)14-12-26)22-29(33)30-20-24-7-6-8-25(19-24)21-31-17-4-3-5-18-31/h6-16,19H,3-5,17-18,20-22H2,1-2H3,(H,30,33). The molecule has 0 bridgehead atoms. The number of likely N-dealkylation sites (tertiary alicyclic amines) is 1. The molecule has 8 heteroatoms. The third kappa shape index (κ3) is 7.11. The van der Waals surface area contributed by atoms with Crippen LogP contribution in [0.2, 0.25) is 0 Å². The van der Waals surface area contributed by atoms with Crippen LogP contribution in [0, 0.1) is 6.92 Å². The van der Waals surface area contributed by atoms with Gasteiger partial charge in [-0.2, -0.15) is 0 Å². The van der Waals surface area contributed by atoms with E-state index in [0.717, 1.165) is 35.1 Å². The van der Waals surface area contributed by atoms with E-state index in [1.165, 1.54) is 24.8 Å². The van der Waals surface area contributed by atoms with Crippen LogP contribution in [0.1, 0.15) is 36.0 Å². The van der Waals surface area contributed by atoms with Gasteiger partial charge in [-0.15, -0.1) is 0 Å². The van der Waals surface area contributed by atoms with Crippen LogP contribution < -0.4 is 14.4 Å². The number of benzene rings is 3. The Hall–Kier alpha value is -3.36. The SMILES string of the molecule is COc1ccc(N(CC(=O)NCc2cccc(CN3CCCCC3)c2)S(=O)(=O)c2ccc(C)cc2)cc1. The average molecular weight is 522 g/mol. The van der Waals surface area contributed by atoms with Gasteiger partial charge in [-0.1, -0.05) is 48.4 Å². The minimum atomic E-state index is -3.97. The van der Waals surface area contributed by atoms with Gasteiger partial charge in [0.1, 0.15) is 12.3 Å². The molecule has 0 unspecified atom stereocenters. The second-order valence-electron chi connectivity index (χ2n) is 9.46. The van der Waals surface area contributed by atoms with Crippen LogP contribution in [-0.4, -0.2) is 46.0 Å². The number of ether oxygens (including phenoxy) is 1. The number of nitrogens with zero attached hydrogens (tertiary/aromatic N) is 2. The molecule has 0 radical (unpaired) electrons. The van der Waals surface area contributed by atoms with Crippen molar-refractivity contribution in [3.8, 4) is 5.75 Å². The highest BCUT2D eigenvalue weighted by atomic mass is 32.2. The number of hydrogen-bond acceptors (Lipinski definition) is 5. The van der Waals surface area contributed by atoms with Crippen LogP contribution in [0.4, 0.5) is 5.69 Å². The summed E-state index contributed by atoms with van der Waals surface area (Å²) >= 11 is 0. The van der Waals surface area contributed by atoms with E-state index >= 15 is 0 Å². The molecular formula is C29H35N3O4S. The van der Waals surface area contributed by atoms with Crippen LogP contribution >= 0.6 is 0 Å². The Kier molecular flexibility index (Phi) is 8.84. The van der Waals surface area contributed by atoms with E-state index in [1.54, 1.807) is 55.6 Å². The van der Waals surface area contributed by atoms with Crippen molar-refractivity contribution in [3.63, 3.8) is 0 Å². The molecule has 7 nitrogen and oxygen atoms in total. The number of carbonyl (C=O) groups is 1. The summed E-state index contributed by atoms with van der Waals surface area (Å²) in [6, 6.07) is 21.5. The molecule has 0 saturated carbocycles. The summed E-state index contributed by atoms with van der Waals surface area (Å²) in [6.07, 6.45) is 3.79.